The number of nitrogens with zero attached hydrogens (tertiary/aromatic N) is 2. The third kappa shape index (κ3) is 4.11. The number of para-hydroxylation sites is 1. The molecule has 4 aromatic rings. The molecule has 2 aromatic carbocycles. The summed E-state index contributed by atoms with van der Waals surface area (Å²) in [6.45, 7) is 4.07. The zero-order chi connectivity index (χ0) is 21.3. The molecule has 0 radical (unpaired) electrons. The van der Waals surface area contributed by atoms with Crippen molar-refractivity contribution < 1.29 is 4.79 Å². The van der Waals surface area contributed by atoms with Crippen LogP contribution in [0.2, 0.25) is 10.0 Å². The maximum absolute atomic E-state index is 12.5. The van der Waals surface area contributed by atoms with Gasteiger partial charge >= 0.3 is 0 Å². The number of hydrogen-bond donors (Lipinski definition) is 1. The molecule has 0 spiro atoms. The summed E-state index contributed by atoms with van der Waals surface area (Å²) < 4.78 is 1.97. The lowest BCUT2D eigenvalue weighted by atomic mass is 10.1. The largest absolute Gasteiger partial charge is 0.320 e. The maximum Gasteiger partial charge on any atom is 0.248 e. The van der Waals surface area contributed by atoms with Gasteiger partial charge in [0.05, 0.1) is 27.1 Å². The molecule has 4 nitrogen and oxygen atoms in total. The van der Waals surface area contributed by atoms with Crippen LogP contribution in [0.4, 0.5) is 5.69 Å². The van der Waals surface area contributed by atoms with Crippen LogP contribution in [-0.4, -0.2) is 15.3 Å². The van der Waals surface area contributed by atoms with Crippen LogP contribution >= 0.6 is 23.2 Å². The van der Waals surface area contributed by atoms with Crippen molar-refractivity contribution in [1.29, 1.82) is 0 Å². The van der Waals surface area contributed by atoms with Gasteiger partial charge in [0.15, 0.2) is 0 Å². The van der Waals surface area contributed by atoms with Gasteiger partial charge in [-0.2, -0.15) is 0 Å². The summed E-state index contributed by atoms with van der Waals surface area (Å²) in [4.78, 5) is 17.4. The predicted molar refractivity (Wildman–Crippen MR) is 124 cm³/mol. The Kier molecular flexibility index (Phi) is 5.62. The van der Waals surface area contributed by atoms with Gasteiger partial charge in [0.1, 0.15) is 5.65 Å². The van der Waals surface area contributed by atoms with Crippen molar-refractivity contribution in [2.75, 3.05) is 5.32 Å². The second-order valence-electron chi connectivity index (χ2n) is 7.06. The number of fused-ring (bicyclic) bond motifs is 1. The summed E-state index contributed by atoms with van der Waals surface area (Å²) in [5.41, 5.74) is 6.10. The predicted octanol–water partition coefficient (Wildman–Crippen LogP) is 6.58. The molecule has 0 bridgehead atoms. The third-order valence-electron chi connectivity index (χ3n) is 4.75. The fourth-order valence-corrected chi connectivity index (χ4v) is 3.68. The number of hydrogen-bond acceptors (Lipinski definition) is 2. The number of amides is 1. The van der Waals surface area contributed by atoms with Crippen LogP contribution in [-0.2, 0) is 4.79 Å². The van der Waals surface area contributed by atoms with Crippen molar-refractivity contribution in [2.45, 2.75) is 13.8 Å². The molecule has 0 atom stereocenters. The lowest BCUT2D eigenvalue weighted by molar-refractivity contribution is -0.111. The average molecular weight is 436 g/mol. The molecule has 1 N–H and O–H groups in total. The first-order valence-corrected chi connectivity index (χ1v) is 10.2. The number of imidazole rings is 1. The second-order valence-corrected chi connectivity index (χ2v) is 7.88. The quantitative estimate of drug-likeness (QED) is 0.368. The highest BCUT2D eigenvalue weighted by Crippen LogP contribution is 2.30. The van der Waals surface area contributed by atoms with Crippen molar-refractivity contribution in [3.63, 3.8) is 0 Å². The normalized spacial score (nSPS) is 11.3. The van der Waals surface area contributed by atoms with E-state index in [-0.39, 0.29) is 5.91 Å². The fourth-order valence-electron chi connectivity index (χ4n) is 3.19. The molecule has 2 heterocycles. The number of carbonyl (C=O) groups excluding carboxylic acids is 1. The SMILES string of the molecule is Cc1ccc(-c2nc3cc(C)ccn3c2/C=C/C(=O)Nc2c(Cl)cccc2Cl)cc1. The number of anilines is 1. The molecular formula is C24H19Cl2N3O. The first kappa shape index (κ1) is 20.2. The molecule has 0 aliphatic heterocycles. The molecule has 0 saturated heterocycles. The van der Waals surface area contributed by atoms with E-state index in [1.165, 1.54) is 11.6 Å². The van der Waals surface area contributed by atoms with E-state index in [0.717, 1.165) is 28.2 Å². The monoisotopic (exact) mass is 435 g/mol. The number of pyridine rings is 1. The van der Waals surface area contributed by atoms with Crippen molar-refractivity contribution >= 4 is 46.5 Å². The Hall–Kier alpha value is -3.08. The summed E-state index contributed by atoms with van der Waals surface area (Å²) in [7, 11) is 0. The van der Waals surface area contributed by atoms with Gasteiger partial charge in [-0.1, -0.05) is 59.1 Å². The maximum atomic E-state index is 12.5. The minimum Gasteiger partial charge on any atom is -0.320 e. The van der Waals surface area contributed by atoms with E-state index in [1.807, 2.05) is 60.8 Å². The summed E-state index contributed by atoms with van der Waals surface area (Å²) >= 11 is 12.3. The Morgan fingerprint density at radius 1 is 1.00 bits per heavy atom. The van der Waals surface area contributed by atoms with E-state index in [2.05, 4.69) is 5.32 Å². The number of carbonyl (C=O) groups is 1. The van der Waals surface area contributed by atoms with Crippen LogP contribution in [0.3, 0.4) is 0 Å². The summed E-state index contributed by atoms with van der Waals surface area (Å²) in [6, 6.07) is 17.3. The Morgan fingerprint density at radius 3 is 2.40 bits per heavy atom. The van der Waals surface area contributed by atoms with Gasteiger partial charge in [0.2, 0.25) is 5.91 Å². The molecule has 1 amide bonds. The Bertz CT molecular complexity index is 1250. The zero-order valence-electron chi connectivity index (χ0n) is 16.5. The molecule has 6 heteroatoms. The van der Waals surface area contributed by atoms with Crippen molar-refractivity contribution in [3.8, 4) is 11.3 Å². The molecule has 0 unspecified atom stereocenters. The summed E-state index contributed by atoms with van der Waals surface area (Å²) in [6.07, 6.45) is 5.17. The highest BCUT2D eigenvalue weighted by Gasteiger charge is 2.13. The fraction of sp³-hybridized carbons (Fsp3) is 0.0833. The molecule has 4 rings (SSSR count). The highest BCUT2D eigenvalue weighted by atomic mass is 35.5. The number of aromatic nitrogens is 2. The minimum atomic E-state index is -0.332. The standard InChI is InChI=1S/C24H19Cl2N3O/c1-15-6-8-17(9-7-15)23-20(29-13-12-16(2)14-21(29)27-23)10-11-22(30)28-24-18(25)4-3-5-19(24)26/h3-14H,1-2H3,(H,28,30)/b11-10+. The molecule has 0 aliphatic carbocycles. The van der Waals surface area contributed by atoms with Crippen LogP contribution in [0.1, 0.15) is 16.8 Å². The molecule has 0 saturated carbocycles. The number of rotatable bonds is 4. The topological polar surface area (TPSA) is 46.4 Å². The van der Waals surface area contributed by atoms with Crippen molar-refractivity contribution in [1.82, 2.24) is 9.38 Å². The van der Waals surface area contributed by atoms with E-state index in [1.54, 1.807) is 24.3 Å². The first-order chi connectivity index (χ1) is 14.4. The van der Waals surface area contributed by atoms with Crippen LogP contribution in [0.15, 0.2) is 66.9 Å². The van der Waals surface area contributed by atoms with Crippen molar-refractivity contribution in [3.05, 3.63) is 93.7 Å². The van der Waals surface area contributed by atoms with E-state index in [0.29, 0.717) is 15.7 Å². The lowest BCUT2D eigenvalue weighted by Gasteiger charge is -2.07. The van der Waals surface area contributed by atoms with E-state index in [9.17, 15) is 4.79 Å². The molecule has 0 fully saturated rings. The van der Waals surface area contributed by atoms with Crippen LogP contribution < -0.4 is 5.32 Å². The molecule has 30 heavy (non-hydrogen) atoms. The van der Waals surface area contributed by atoms with Crippen molar-refractivity contribution in [2.24, 2.45) is 0 Å². The molecular weight excluding hydrogens is 417 g/mol. The smallest absolute Gasteiger partial charge is 0.248 e. The van der Waals surface area contributed by atoms with Gasteiger partial charge in [-0.25, -0.2) is 4.98 Å². The van der Waals surface area contributed by atoms with Gasteiger partial charge in [-0.15, -0.1) is 0 Å². The van der Waals surface area contributed by atoms with E-state index in [4.69, 9.17) is 28.2 Å². The van der Waals surface area contributed by atoms with Gasteiger partial charge in [0.25, 0.3) is 0 Å². The molecule has 150 valence electrons. The lowest BCUT2D eigenvalue weighted by Crippen LogP contribution is -2.08. The van der Waals surface area contributed by atoms with Crippen LogP contribution in [0, 0.1) is 13.8 Å². The Morgan fingerprint density at radius 2 is 1.70 bits per heavy atom. The number of nitrogens with one attached hydrogen (secondary N) is 1. The van der Waals surface area contributed by atoms with E-state index < -0.39 is 0 Å². The second kappa shape index (κ2) is 8.34. The van der Waals surface area contributed by atoms with Gasteiger partial charge in [-0.05, 0) is 49.8 Å². The number of aryl methyl sites for hydroxylation is 2. The summed E-state index contributed by atoms with van der Waals surface area (Å²) in [5, 5.41) is 3.51. The first-order valence-electron chi connectivity index (χ1n) is 9.41. The van der Waals surface area contributed by atoms with Gasteiger partial charge in [0, 0.05) is 17.8 Å². The Labute approximate surface area is 184 Å². The number of halogens is 2. The van der Waals surface area contributed by atoms with Gasteiger partial charge < -0.3 is 5.32 Å². The van der Waals surface area contributed by atoms with Crippen LogP contribution in [0.5, 0.6) is 0 Å². The highest BCUT2D eigenvalue weighted by molar-refractivity contribution is 6.39. The number of benzene rings is 2. The molecule has 0 aliphatic rings. The Balaban J connectivity index is 1.73. The zero-order valence-corrected chi connectivity index (χ0v) is 18.0. The molecule has 2 aromatic heterocycles. The summed E-state index contributed by atoms with van der Waals surface area (Å²) in [5.74, 6) is -0.332. The van der Waals surface area contributed by atoms with Crippen LogP contribution in [0.25, 0.3) is 23.0 Å². The minimum absolute atomic E-state index is 0.332. The average Bonchev–Trinajstić information content (AvgIpc) is 3.07. The van der Waals surface area contributed by atoms with Gasteiger partial charge in [-0.3, -0.25) is 9.20 Å². The van der Waals surface area contributed by atoms with E-state index >= 15 is 0 Å². The third-order valence-corrected chi connectivity index (χ3v) is 5.38.